The molecule has 1 rings (SSSR count). The number of aliphatic hydroxyl groups excluding tert-OH is 1. The van der Waals surface area contributed by atoms with Crippen molar-refractivity contribution in [2.24, 2.45) is 0 Å². The third kappa shape index (κ3) is 3.34. The summed E-state index contributed by atoms with van der Waals surface area (Å²) >= 11 is 9.11. The number of rotatable bonds is 4. The maximum atomic E-state index is 11.4. The maximum Gasteiger partial charge on any atom is 0.339 e. The number of halogens is 2. The van der Waals surface area contributed by atoms with Crippen LogP contribution in [0.15, 0.2) is 16.6 Å². The van der Waals surface area contributed by atoms with Gasteiger partial charge < -0.3 is 14.6 Å². The number of aliphatic hydroxyl groups is 1. The molecule has 94 valence electrons. The summed E-state index contributed by atoms with van der Waals surface area (Å²) < 4.78 is 10.3. The van der Waals surface area contributed by atoms with Crippen LogP contribution in [-0.4, -0.2) is 24.8 Å². The number of benzene rings is 1. The van der Waals surface area contributed by atoms with E-state index in [9.17, 15) is 9.90 Å². The Hall–Kier alpha value is -0.780. The summed E-state index contributed by atoms with van der Waals surface area (Å²) in [6, 6.07) is 3.06. The average molecular weight is 324 g/mol. The summed E-state index contributed by atoms with van der Waals surface area (Å²) in [4.78, 5) is 11.4. The number of esters is 1. The van der Waals surface area contributed by atoms with E-state index < -0.39 is 12.1 Å². The fourth-order valence-corrected chi connectivity index (χ4v) is 2.10. The van der Waals surface area contributed by atoms with Gasteiger partial charge in [0.05, 0.1) is 18.2 Å². The molecule has 0 radical (unpaired) electrons. The second kappa shape index (κ2) is 6.23. The fraction of sp³-hybridized carbons (Fsp3) is 0.364. The van der Waals surface area contributed by atoms with Crippen LogP contribution in [0.5, 0.6) is 5.75 Å². The van der Waals surface area contributed by atoms with Crippen molar-refractivity contribution in [3.63, 3.8) is 0 Å². The normalized spacial score (nSPS) is 12.1. The van der Waals surface area contributed by atoms with Crippen LogP contribution in [0.3, 0.4) is 0 Å². The van der Waals surface area contributed by atoms with E-state index in [2.05, 4.69) is 15.9 Å². The molecule has 0 aliphatic carbocycles. The molecule has 0 saturated heterocycles. The lowest BCUT2D eigenvalue weighted by molar-refractivity contribution is -0.153. The lowest BCUT2D eigenvalue weighted by Crippen LogP contribution is -2.16. The van der Waals surface area contributed by atoms with E-state index in [1.54, 1.807) is 13.0 Å². The Morgan fingerprint density at radius 1 is 1.59 bits per heavy atom. The van der Waals surface area contributed by atoms with Crippen LogP contribution in [0, 0.1) is 0 Å². The Labute approximate surface area is 113 Å². The van der Waals surface area contributed by atoms with Gasteiger partial charge in [-0.25, -0.2) is 4.79 Å². The smallest absolute Gasteiger partial charge is 0.339 e. The largest absolute Gasteiger partial charge is 0.496 e. The first-order chi connectivity index (χ1) is 8.01. The van der Waals surface area contributed by atoms with Crippen LogP contribution in [0.25, 0.3) is 0 Å². The Morgan fingerprint density at radius 2 is 2.24 bits per heavy atom. The first kappa shape index (κ1) is 14.3. The number of ether oxygens (including phenoxy) is 2. The summed E-state index contributed by atoms with van der Waals surface area (Å²) in [7, 11) is 1.47. The number of hydrogen-bond donors (Lipinski definition) is 1. The van der Waals surface area contributed by atoms with E-state index in [4.69, 9.17) is 21.1 Å². The quantitative estimate of drug-likeness (QED) is 0.866. The van der Waals surface area contributed by atoms with Gasteiger partial charge in [-0.3, -0.25) is 0 Å². The van der Waals surface area contributed by atoms with Gasteiger partial charge in [-0.15, -0.1) is 0 Å². The maximum absolute atomic E-state index is 11.4. The highest BCUT2D eigenvalue weighted by atomic mass is 79.9. The van der Waals surface area contributed by atoms with Crippen molar-refractivity contribution in [3.8, 4) is 5.75 Å². The lowest BCUT2D eigenvalue weighted by atomic mass is 10.1. The van der Waals surface area contributed by atoms with Gasteiger partial charge in [-0.2, -0.15) is 0 Å². The molecule has 0 fully saturated rings. The van der Waals surface area contributed by atoms with Crippen molar-refractivity contribution in [1.82, 2.24) is 0 Å². The van der Waals surface area contributed by atoms with E-state index >= 15 is 0 Å². The molecule has 17 heavy (non-hydrogen) atoms. The highest BCUT2D eigenvalue weighted by molar-refractivity contribution is 9.10. The zero-order valence-electron chi connectivity index (χ0n) is 9.37. The van der Waals surface area contributed by atoms with Crippen molar-refractivity contribution < 1.29 is 19.4 Å². The van der Waals surface area contributed by atoms with Gasteiger partial charge in [0.1, 0.15) is 5.75 Å². The van der Waals surface area contributed by atoms with E-state index in [0.29, 0.717) is 20.8 Å². The van der Waals surface area contributed by atoms with Crippen molar-refractivity contribution in [2.45, 2.75) is 13.0 Å². The van der Waals surface area contributed by atoms with E-state index in [-0.39, 0.29) is 6.61 Å². The Morgan fingerprint density at radius 3 is 2.76 bits per heavy atom. The first-order valence-electron chi connectivity index (χ1n) is 4.88. The molecule has 0 amide bonds. The summed E-state index contributed by atoms with van der Waals surface area (Å²) in [6.07, 6.45) is -1.39. The van der Waals surface area contributed by atoms with E-state index in [1.807, 2.05) is 0 Å². The van der Waals surface area contributed by atoms with Gasteiger partial charge in [0, 0.05) is 10.6 Å². The zero-order valence-corrected chi connectivity index (χ0v) is 11.7. The minimum absolute atomic E-state index is 0.200. The van der Waals surface area contributed by atoms with Crippen molar-refractivity contribution >= 4 is 33.5 Å². The van der Waals surface area contributed by atoms with Crippen molar-refractivity contribution in [2.75, 3.05) is 13.7 Å². The molecule has 1 N–H and O–H groups in total. The molecule has 0 spiro atoms. The van der Waals surface area contributed by atoms with Gasteiger partial charge in [0.15, 0.2) is 6.10 Å². The summed E-state index contributed by atoms with van der Waals surface area (Å²) in [6.45, 7) is 1.86. The van der Waals surface area contributed by atoms with Gasteiger partial charge in [-0.05, 0) is 35.0 Å². The number of hydrogen-bond acceptors (Lipinski definition) is 4. The number of methoxy groups -OCH3 is 1. The molecule has 0 aliphatic heterocycles. The van der Waals surface area contributed by atoms with Crippen LogP contribution in [0.4, 0.5) is 0 Å². The molecule has 6 heteroatoms. The van der Waals surface area contributed by atoms with Crippen LogP contribution in [0.2, 0.25) is 5.02 Å². The predicted octanol–water partition coefficient (Wildman–Crippen LogP) is 2.71. The van der Waals surface area contributed by atoms with E-state index in [0.717, 1.165) is 0 Å². The van der Waals surface area contributed by atoms with Crippen LogP contribution >= 0.6 is 27.5 Å². The van der Waals surface area contributed by atoms with Crippen LogP contribution in [0.1, 0.15) is 18.6 Å². The topological polar surface area (TPSA) is 55.8 Å². The second-order valence-corrected chi connectivity index (χ2v) is 4.40. The minimum Gasteiger partial charge on any atom is -0.496 e. The summed E-state index contributed by atoms with van der Waals surface area (Å²) in [5.41, 5.74) is 0.313. The molecule has 1 atom stereocenters. The third-order valence-electron chi connectivity index (χ3n) is 2.06. The van der Waals surface area contributed by atoms with Gasteiger partial charge in [-0.1, -0.05) is 11.6 Å². The number of carbonyl (C=O) groups is 1. The first-order valence-corrected chi connectivity index (χ1v) is 6.06. The monoisotopic (exact) mass is 322 g/mol. The Kier molecular flexibility index (Phi) is 5.24. The molecule has 0 heterocycles. The second-order valence-electron chi connectivity index (χ2n) is 3.17. The molecule has 4 nitrogen and oxygen atoms in total. The molecule has 0 aromatic heterocycles. The molecule has 1 aromatic rings. The highest BCUT2D eigenvalue weighted by Gasteiger charge is 2.23. The van der Waals surface area contributed by atoms with E-state index in [1.165, 1.54) is 13.2 Å². The van der Waals surface area contributed by atoms with Gasteiger partial charge in [0.25, 0.3) is 0 Å². The van der Waals surface area contributed by atoms with Crippen molar-refractivity contribution in [3.05, 3.63) is 27.2 Å². The fourth-order valence-electron chi connectivity index (χ4n) is 1.28. The molecule has 0 saturated carbocycles. The van der Waals surface area contributed by atoms with Gasteiger partial charge in [0.2, 0.25) is 0 Å². The van der Waals surface area contributed by atoms with Crippen LogP contribution in [-0.2, 0) is 9.53 Å². The summed E-state index contributed by atoms with van der Waals surface area (Å²) in [5, 5.41) is 10.2. The van der Waals surface area contributed by atoms with Crippen LogP contribution < -0.4 is 4.74 Å². The lowest BCUT2D eigenvalue weighted by Gasteiger charge is -2.14. The molecule has 0 bridgehead atoms. The predicted molar refractivity (Wildman–Crippen MR) is 67.3 cm³/mol. The standard InChI is InChI=1S/C11H12BrClO4/c1-3-17-11(15)10(14)7-4-6(13)5-8(16-2)9(7)12/h4-5,10,14H,3H2,1-2H3. The molecular weight excluding hydrogens is 311 g/mol. The molecule has 0 aliphatic rings. The molecule has 1 aromatic carbocycles. The van der Waals surface area contributed by atoms with Crippen molar-refractivity contribution in [1.29, 1.82) is 0 Å². The third-order valence-corrected chi connectivity index (χ3v) is 3.12. The van der Waals surface area contributed by atoms with Gasteiger partial charge >= 0.3 is 5.97 Å². The molecular formula is C11H12BrClO4. The average Bonchev–Trinajstić information content (AvgIpc) is 2.31. The Bertz CT molecular complexity index is 422. The number of carbonyl (C=O) groups excluding carboxylic acids is 1. The SMILES string of the molecule is CCOC(=O)C(O)c1cc(Cl)cc(OC)c1Br. The molecule has 1 unspecified atom stereocenters. The highest BCUT2D eigenvalue weighted by Crippen LogP contribution is 2.35. The zero-order chi connectivity index (χ0) is 13.0. The summed E-state index contributed by atoms with van der Waals surface area (Å²) in [5.74, 6) is -0.284. The minimum atomic E-state index is -1.39. The Balaban J connectivity index is 3.12.